The van der Waals surface area contributed by atoms with E-state index >= 15 is 0 Å². The van der Waals surface area contributed by atoms with Gasteiger partial charge in [0, 0.05) is 0 Å². The Bertz CT molecular complexity index is 158. The van der Waals surface area contributed by atoms with E-state index in [9.17, 15) is 5.11 Å². The first kappa shape index (κ1) is 10.4. The van der Waals surface area contributed by atoms with Crippen molar-refractivity contribution < 1.29 is 5.11 Å². The highest BCUT2D eigenvalue weighted by molar-refractivity contribution is 5.17. The highest BCUT2D eigenvalue weighted by Crippen LogP contribution is 2.13. The van der Waals surface area contributed by atoms with E-state index in [-0.39, 0.29) is 0 Å². The van der Waals surface area contributed by atoms with Crippen molar-refractivity contribution in [1.82, 2.24) is 0 Å². The van der Waals surface area contributed by atoms with E-state index in [4.69, 9.17) is 0 Å². The molecule has 0 heterocycles. The SMILES string of the molecule is CC/C=C/C=C(\C)C(C)(C)O. The van der Waals surface area contributed by atoms with Crippen molar-refractivity contribution in [1.29, 1.82) is 0 Å². The van der Waals surface area contributed by atoms with E-state index < -0.39 is 5.60 Å². The number of hydrogen-bond donors (Lipinski definition) is 1. The molecule has 11 heavy (non-hydrogen) atoms. The van der Waals surface area contributed by atoms with E-state index in [0.717, 1.165) is 12.0 Å². The second-order valence-electron chi connectivity index (χ2n) is 3.25. The normalized spacial score (nSPS) is 14.5. The Morgan fingerprint density at radius 3 is 2.36 bits per heavy atom. The summed E-state index contributed by atoms with van der Waals surface area (Å²) in [6.45, 7) is 7.60. The lowest BCUT2D eigenvalue weighted by Crippen LogP contribution is -2.19. The minimum Gasteiger partial charge on any atom is -0.386 e. The molecule has 0 aromatic heterocycles. The molecule has 0 amide bonds. The number of rotatable bonds is 3. The number of aliphatic hydroxyl groups is 1. The lowest BCUT2D eigenvalue weighted by Gasteiger charge is -2.17. The average molecular weight is 154 g/mol. The van der Waals surface area contributed by atoms with Crippen molar-refractivity contribution in [3.63, 3.8) is 0 Å². The van der Waals surface area contributed by atoms with E-state index in [1.807, 2.05) is 19.1 Å². The molecule has 0 radical (unpaired) electrons. The van der Waals surface area contributed by atoms with Gasteiger partial charge in [0.05, 0.1) is 5.60 Å². The zero-order valence-corrected chi connectivity index (χ0v) is 7.89. The van der Waals surface area contributed by atoms with E-state index in [2.05, 4.69) is 13.0 Å². The Morgan fingerprint density at radius 2 is 2.00 bits per heavy atom. The molecule has 0 saturated heterocycles. The third-order valence-electron chi connectivity index (χ3n) is 1.68. The van der Waals surface area contributed by atoms with Gasteiger partial charge in [0.25, 0.3) is 0 Å². The third-order valence-corrected chi connectivity index (χ3v) is 1.68. The summed E-state index contributed by atoms with van der Waals surface area (Å²) in [4.78, 5) is 0. The largest absolute Gasteiger partial charge is 0.386 e. The number of hydrogen-bond acceptors (Lipinski definition) is 1. The second kappa shape index (κ2) is 4.35. The van der Waals surface area contributed by atoms with Crippen LogP contribution in [0.15, 0.2) is 23.8 Å². The van der Waals surface area contributed by atoms with Crippen LogP contribution in [-0.2, 0) is 0 Å². The van der Waals surface area contributed by atoms with Gasteiger partial charge in [0.15, 0.2) is 0 Å². The molecule has 64 valence electrons. The van der Waals surface area contributed by atoms with Gasteiger partial charge in [-0.2, -0.15) is 0 Å². The Balaban J connectivity index is 4.12. The number of allylic oxidation sites excluding steroid dienone is 3. The first-order chi connectivity index (χ1) is 4.98. The Labute approximate surface area is 69.4 Å². The minimum atomic E-state index is -0.682. The molecule has 0 aliphatic carbocycles. The van der Waals surface area contributed by atoms with Gasteiger partial charge >= 0.3 is 0 Å². The van der Waals surface area contributed by atoms with Gasteiger partial charge in [-0.05, 0) is 32.8 Å². The van der Waals surface area contributed by atoms with Crippen molar-refractivity contribution in [2.24, 2.45) is 0 Å². The first-order valence-corrected chi connectivity index (χ1v) is 4.04. The standard InChI is InChI=1S/C10H18O/c1-5-6-7-8-9(2)10(3,4)11/h6-8,11H,5H2,1-4H3/b7-6+,9-8+. The van der Waals surface area contributed by atoms with Crippen LogP contribution in [0.5, 0.6) is 0 Å². The molecule has 1 heteroatoms. The van der Waals surface area contributed by atoms with Gasteiger partial charge in [0.2, 0.25) is 0 Å². The van der Waals surface area contributed by atoms with Crippen molar-refractivity contribution in [3.8, 4) is 0 Å². The summed E-state index contributed by atoms with van der Waals surface area (Å²) in [7, 11) is 0. The third kappa shape index (κ3) is 4.79. The van der Waals surface area contributed by atoms with E-state index in [1.54, 1.807) is 13.8 Å². The highest BCUT2D eigenvalue weighted by Gasteiger charge is 2.13. The van der Waals surface area contributed by atoms with Crippen LogP contribution in [0.3, 0.4) is 0 Å². The van der Waals surface area contributed by atoms with Crippen LogP contribution in [0.4, 0.5) is 0 Å². The summed E-state index contributed by atoms with van der Waals surface area (Å²) < 4.78 is 0. The van der Waals surface area contributed by atoms with Crippen molar-refractivity contribution in [2.75, 3.05) is 0 Å². The maximum Gasteiger partial charge on any atom is 0.0801 e. The molecule has 0 atom stereocenters. The van der Waals surface area contributed by atoms with E-state index in [1.165, 1.54) is 0 Å². The molecule has 1 nitrogen and oxygen atoms in total. The molecule has 0 aromatic carbocycles. The summed E-state index contributed by atoms with van der Waals surface area (Å²) in [6.07, 6.45) is 7.03. The van der Waals surface area contributed by atoms with Crippen LogP contribution in [0, 0.1) is 0 Å². The first-order valence-electron chi connectivity index (χ1n) is 4.04. The summed E-state index contributed by atoms with van der Waals surface area (Å²) >= 11 is 0. The summed E-state index contributed by atoms with van der Waals surface area (Å²) in [6, 6.07) is 0. The smallest absolute Gasteiger partial charge is 0.0801 e. The fraction of sp³-hybridized carbons (Fsp3) is 0.600. The van der Waals surface area contributed by atoms with Crippen LogP contribution < -0.4 is 0 Å². The molecule has 0 unspecified atom stereocenters. The zero-order chi connectivity index (χ0) is 8.91. The fourth-order valence-electron chi connectivity index (χ4n) is 0.552. The lowest BCUT2D eigenvalue weighted by atomic mass is 10.00. The molecular formula is C10H18O. The van der Waals surface area contributed by atoms with Crippen molar-refractivity contribution in [3.05, 3.63) is 23.8 Å². The van der Waals surface area contributed by atoms with Crippen molar-refractivity contribution in [2.45, 2.75) is 39.7 Å². The molecule has 0 aromatic rings. The summed E-state index contributed by atoms with van der Waals surface area (Å²) in [5.74, 6) is 0. The molecule has 0 aliphatic rings. The van der Waals surface area contributed by atoms with Crippen LogP contribution in [0.1, 0.15) is 34.1 Å². The van der Waals surface area contributed by atoms with Crippen LogP contribution in [0.2, 0.25) is 0 Å². The molecular weight excluding hydrogens is 136 g/mol. The van der Waals surface area contributed by atoms with Gasteiger partial charge in [0.1, 0.15) is 0 Å². The average Bonchev–Trinajstić information content (AvgIpc) is 1.86. The molecule has 0 saturated carbocycles. The molecule has 0 fully saturated rings. The van der Waals surface area contributed by atoms with Gasteiger partial charge < -0.3 is 5.11 Å². The summed E-state index contributed by atoms with van der Waals surface area (Å²) in [5.41, 5.74) is 0.306. The van der Waals surface area contributed by atoms with Gasteiger partial charge in [-0.3, -0.25) is 0 Å². The monoisotopic (exact) mass is 154 g/mol. The molecule has 1 N–H and O–H groups in total. The van der Waals surface area contributed by atoms with Crippen LogP contribution >= 0.6 is 0 Å². The zero-order valence-electron chi connectivity index (χ0n) is 7.89. The predicted molar refractivity (Wildman–Crippen MR) is 49.5 cm³/mol. The summed E-state index contributed by atoms with van der Waals surface area (Å²) in [5, 5.41) is 9.48. The van der Waals surface area contributed by atoms with Gasteiger partial charge in [-0.25, -0.2) is 0 Å². The maximum absolute atomic E-state index is 9.48. The quantitative estimate of drug-likeness (QED) is 0.620. The van der Waals surface area contributed by atoms with Gasteiger partial charge in [-0.1, -0.05) is 25.2 Å². The molecule has 0 spiro atoms. The Kier molecular flexibility index (Phi) is 4.12. The Hall–Kier alpha value is -0.560. The van der Waals surface area contributed by atoms with Crippen LogP contribution in [-0.4, -0.2) is 10.7 Å². The topological polar surface area (TPSA) is 20.2 Å². The predicted octanol–water partition coefficient (Wildman–Crippen LogP) is 2.67. The molecule has 0 bridgehead atoms. The van der Waals surface area contributed by atoms with Crippen LogP contribution in [0.25, 0.3) is 0 Å². The fourth-order valence-corrected chi connectivity index (χ4v) is 0.552. The molecule has 0 rings (SSSR count). The van der Waals surface area contributed by atoms with Gasteiger partial charge in [-0.15, -0.1) is 0 Å². The minimum absolute atomic E-state index is 0.682. The lowest BCUT2D eigenvalue weighted by molar-refractivity contribution is 0.120. The Morgan fingerprint density at radius 1 is 1.45 bits per heavy atom. The second-order valence-corrected chi connectivity index (χ2v) is 3.25. The van der Waals surface area contributed by atoms with Crippen molar-refractivity contribution >= 4 is 0 Å². The maximum atomic E-state index is 9.48. The highest BCUT2D eigenvalue weighted by atomic mass is 16.3. The molecule has 0 aliphatic heterocycles. The van der Waals surface area contributed by atoms with E-state index in [0.29, 0.717) is 0 Å².